The van der Waals surface area contributed by atoms with Gasteiger partial charge in [0.2, 0.25) is 5.91 Å². The topological polar surface area (TPSA) is 67.9 Å². The molecule has 0 spiro atoms. The molecule has 1 saturated heterocycles. The Labute approximate surface area is 197 Å². The standard InChI is InChI=1S/C26H26N2O4S/c1-31-21-13-20(14-22(15-21)32-2)26(30)28-17-33-16-23(28)25(29)27-24(18-9-5-3-6-10-18)19-11-7-4-8-12-19/h3-15,23-24H,16-17H2,1-2H3,(H,27,29). The number of amides is 2. The summed E-state index contributed by atoms with van der Waals surface area (Å²) in [4.78, 5) is 28.4. The summed E-state index contributed by atoms with van der Waals surface area (Å²) in [5.41, 5.74) is 2.39. The number of methoxy groups -OCH3 is 2. The minimum atomic E-state index is -0.574. The van der Waals surface area contributed by atoms with Crippen molar-refractivity contribution in [1.29, 1.82) is 0 Å². The minimum absolute atomic E-state index is 0.180. The lowest BCUT2D eigenvalue weighted by Gasteiger charge is -2.27. The molecule has 33 heavy (non-hydrogen) atoms. The molecule has 1 heterocycles. The number of benzene rings is 3. The lowest BCUT2D eigenvalue weighted by Crippen LogP contribution is -2.48. The van der Waals surface area contributed by atoms with Crippen LogP contribution in [0.25, 0.3) is 0 Å². The number of hydrogen-bond donors (Lipinski definition) is 1. The predicted molar refractivity (Wildman–Crippen MR) is 130 cm³/mol. The zero-order chi connectivity index (χ0) is 23.2. The molecule has 3 aromatic rings. The third kappa shape index (κ3) is 5.14. The van der Waals surface area contributed by atoms with E-state index in [1.165, 1.54) is 14.2 Å². The maximum atomic E-state index is 13.4. The van der Waals surface area contributed by atoms with Crippen LogP contribution in [0.15, 0.2) is 78.9 Å². The third-order valence-corrected chi connectivity index (χ3v) is 6.61. The highest BCUT2D eigenvalue weighted by Crippen LogP contribution is 2.29. The van der Waals surface area contributed by atoms with Crippen molar-refractivity contribution in [1.82, 2.24) is 10.2 Å². The van der Waals surface area contributed by atoms with Gasteiger partial charge in [-0.25, -0.2) is 0 Å². The first kappa shape index (κ1) is 22.7. The maximum absolute atomic E-state index is 13.4. The lowest BCUT2D eigenvalue weighted by atomic mass is 9.98. The van der Waals surface area contributed by atoms with Gasteiger partial charge in [0.1, 0.15) is 17.5 Å². The summed E-state index contributed by atoms with van der Waals surface area (Å²) < 4.78 is 10.6. The SMILES string of the molecule is COc1cc(OC)cc(C(=O)N2CSCC2C(=O)NC(c2ccccc2)c2ccccc2)c1. The van der Waals surface area contributed by atoms with Crippen LogP contribution >= 0.6 is 11.8 Å². The molecule has 4 rings (SSSR count). The molecule has 1 aliphatic heterocycles. The second-order valence-corrected chi connectivity index (χ2v) is 8.65. The maximum Gasteiger partial charge on any atom is 0.255 e. The molecule has 3 aromatic carbocycles. The predicted octanol–water partition coefficient (Wildman–Crippen LogP) is 4.12. The zero-order valence-electron chi connectivity index (χ0n) is 18.6. The van der Waals surface area contributed by atoms with Gasteiger partial charge in [-0.2, -0.15) is 0 Å². The van der Waals surface area contributed by atoms with E-state index in [2.05, 4.69) is 5.32 Å². The van der Waals surface area contributed by atoms with Crippen molar-refractivity contribution in [2.45, 2.75) is 12.1 Å². The Kier molecular flexibility index (Phi) is 7.19. The summed E-state index contributed by atoms with van der Waals surface area (Å²) >= 11 is 1.56. The van der Waals surface area contributed by atoms with Crippen LogP contribution in [0.1, 0.15) is 27.5 Å². The van der Waals surface area contributed by atoms with Gasteiger partial charge in [-0.3, -0.25) is 9.59 Å². The van der Waals surface area contributed by atoms with Gasteiger partial charge in [0.15, 0.2) is 0 Å². The zero-order valence-corrected chi connectivity index (χ0v) is 19.4. The summed E-state index contributed by atoms with van der Waals surface area (Å²) in [7, 11) is 3.08. The fraction of sp³-hybridized carbons (Fsp3) is 0.231. The quantitative estimate of drug-likeness (QED) is 0.572. The van der Waals surface area contributed by atoms with Crippen LogP contribution < -0.4 is 14.8 Å². The molecule has 0 saturated carbocycles. The molecule has 0 bridgehead atoms. The fourth-order valence-corrected chi connectivity index (χ4v) is 5.00. The highest BCUT2D eigenvalue weighted by molar-refractivity contribution is 7.99. The van der Waals surface area contributed by atoms with E-state index < -0.39 is 6.04 Å². The highest BCUT2D eigenvalue weighted by Gasteiger charge is 2.36. The normalized spacial score (nSPS) is 15.4. The van der Waals surface area contributed by atoms with Crippen LogP contribution in [0, 0.1) is 0 Å². The van der Waals surface area contributed by atoms with E-state index in [4.69, 9.17) is 9.47 Å². The van der Waals surface area contributed by atoms with Crippen LogP contribution in [0.3, 0.4) is 0 Å². The molecular weight excluding hydrogens is 436 g/mol. The van der Waals surface area contributed by atoms with Crippen molar-refractivity contribution in [2.24, 2.45) is 0 Å². The largest absolute Gasteiger partial charge is 0.497 e. The first-order valence-electron chi connectivity index (χ1n) is 10.6. The Morgan fingerprint density at radius 3 is 1.97 bits per heavy atom. The Morgan fingerprint density at radius 1 is 0.909 bits per heavy atom. The number of ether oxygens (including phenoxy) is 2. The Bertz CT molecular complexity index is 1050. The Balaban J connectivity index is 1.58. The second-order valence-electron chi connectivity index (χ2n) is 7.65. The smallest absolute Gasteiger partial charge is 0.255 e. The van der Waals surface area contributed by atoms with Crippen molar-refractivity contribution in [2.75, 3.05) is 25.8 Å². The average Bonchev–Trinajstić information content (AvgIpc) is 3.37. The van der Waals surface area contributed by atoms with Gasteiger partial charge in [0, 0.05) is 17.4 Å². The second kappa shape index (κ2) is 10.4. The Morgan fingerprint density at radius 2 is 1.45 bits per heavy atom. The van der Waals surface area contributed by atoms with Crippen molar-refractivity contribution in [3.63, 3.8) is 0 Å². The lowest BCUT2D eigenvalue weighted by molar-refractivity contribution is -0.125. The minimum Gasteiger partial charge on any atom is -0.497 e. The van der Waals surface area contributed by atoms with Crippen molar-refractivity contribution in [3.8, 4) is 11.5 Å². The molecule has 6 nitrogen and oxygen atoms in total. The number of carbonyl (C=O) groups excluding carboxylic acids is 2. The van der Waals surface area contributed by atoms with Crippen LogP contribution in [0.5, 0.6) is 11.5 Å². The first-order valence-corrected chi connectivity index (χ1v) is 11.8. The molecule has 2 amide bonds. The van der Waals surface area contributed by atoms with Crippen molar-refractivity contribution in [3.05, 3.63) is 95.6 Å². The summed E-state index contributed by atoms with van der Waals surface area (Å²) in [5, 5.41) is 3.18. The van der Waals surface area contributed by atoms with E-state index in [0.717, 1.165) is 11.1 Å². The number of rotatable bonds is 7. The molecule has 1 atom stereocenters. The fourth-order valence-electron chi connectivity index (χ4n) is 3.85. The van der Waals surface area contributed by atoms with Crippen molar-refractivity contribution >= 4 is 23.6 Å². The van der Waals surface area contributed by atoms with E-state index in [9.17, 15) is 9.59 Å². The van der Waals surface area contributed by atoms with E-state index in [0.29, 0.717) is 28.7 Å². The van der Waals surface area contributed by atoms with E-state index in [1.54, 1.807) is 34.9 Å². The first-order chi connectivity index (χ1) is 16.1. The van der Waals surface area contributed by atoms with E-state index in [1.807, 2.05) is 60.7 Å². The van der Waals surface area contributed by atoms with Gasteiger partial charge in [-0.05, 0) is 23.3 Å². The van der Waals surface area contributed by atoms with Gasteiger partial charge >= 0.3 is 0 Å². The van der Waals surface area contributed by atoms with Gasteiger partial charge < -0.3 is 19.7 Å². The van der Waals surface area contributed by atoms with Crippen molar-refractivity contribution < 1.29 is 19.1 Å². The molecule has 1 unspecified atom stereocenters. The summed E-state index contributed by atoms with van der Waals surface area (Å²) in [6.07, 6.45) is 0. The number of nitrogens with zero attached hydrogens (tertiary/aromatic N) is 1. The molecule has 0 aliphatic carbocycles. The number of thioether (sulfide) groups is 1. The molecule has 7 heteroatoms. The number of hydrogen-bond acceptors (Lipinski definition) is 5. The van der Waals surface area contributed by atoms with Gasteiger partial charge in [-0.1, -0.05) is 60.7 Å². The molecule has 1 aliphatic rings. The summed E-state index contributed by atoms with van der Waals surface area (Å²) in [6.45, 7) is 0. The van der Waals surface area contributed by atoms with E-state index in [-0.39, 0.29) is 17.9 Å². The summed E-state index contributed by atoms with van der Waals surface area (Å²) in [5.74, 6) is 1.62. The van der Waals surface area contributed by atoms with E-state index >= 15 is 0 Å². The number of carbonyl (C=O) groups is 2. The molecule has 1 N–H and O–H groups in total. The van der Waals surface area contributed by atoms with Gasteiger partial charge in [-0.15, -0.1) is 11.8 Å². The molecular formula is C26H26N2O4S. The molecule has 0 radical (unpaired) electrons. The van der Waals surface area contributed by atoms with Crippen LogP contribution in [-0.2, 0) is 4.79 Å². The Hall–Kier alpha value is -3.45. The van der Waals surface area contributed by atoms with Crippen LogP contribution in [0.4, 0.5) is 0 Å². The molecule has 1 fully saturated rings. The van der Waals surface area contributed by atoms with Gasteiger partial charge in [0.05, 0.1) is 26.1 Å². The highest BCUT2D eigenvalue weighted by atomic mass is 32.2. The van der Waals surface area contributed by atoms with Crippen LogP contribution in [-0.4, -0.2) is 48.6 Å². The van der Waals surface area contributed by atoms with Gasteiger partial charge in [0.25, 0.3) is 5.91 Å². The molecule has 170 valence electrons. The third-order valence-electron chi connectivity index (χ3n) is 5.60. The van der Waals surface area contributed by atoms with Crippen LogP contribution in [0.2, 0.25) is 0 Å². The monoisotopic (exact) mass is 462 g/mol. The average molecular weight is 463 g/mol. The molecule has 0 aromatic heterocycles. The summed E-state index contributed by atoms with van der Waals surface area (Å²) in [6, 6.07) is 23.8. The number of nitrogens with one attached hydrogen (secondary N) is 1.